The number of amides is 2. The van der Waals surface area contributed by atoms with Crippen molar-refractivity contribution in [3.63, 3.8) is 0 Å². The summed E-state index contributed by atoms with van der Waals surface area (Å²) in [7, 11) is 0. The summed E-state index contributed by atoms with van der Waals surface area (Å²) in [6.07, 6.45) is 0. The lowest BCUT2D eigenvalue weighted by molar-refractivity contribution is 0.252. The topological polar surface area (TPSA) is 121 Å². The molecule has 0 radical (unpaired) electrons. The fourth-order valence-electron chi connectivity index (χ4n) is 2.23. The maximum absolute atomic E-state index is 11.9. The summed E-state index contributed by atoms with van der Waals surface area (Å²) in [5, 5.41) is 28.8. The van der Waals surface area contributed by atoms with Crippen LogP contribution in [-0.2, 0) is 0 Å². The molecule has 1 aromatic heterocycles. The number of urea groups is 1. The highest BCUT2D eigenvalue weighted by atomic mass is 16.2. The fraction of sp³-hybridized carbons (Fsp3) is 0.118. The Morgan fingerprint density at radius 3 is 2.77 bits per heavy atom. The van der Waals surface area contributed by atoms with E-state index in [0.717, 1.165) is 5.69 Å². The summed E-state index contributed by atoms with van der Waals surface area (Å²) >= 11 is 0. The lowest BCUT2D eigenvalue weighted by Gasteiger charge is -2.09. The first-order valence-corrected chi connectivity index (χ1v) is 7.89. The Hall–Kier alpha value is -3.93. The van der Waals surface area contributed by atoms with Gasteiger partial charge in [0.1, 0.15) is 0 Å². The van der Waals surface area contributed by atoms with Gasteiger partial charge in [0.15, 0.2) is 0 Å². The summed E-state index contributed by atoms with van der Waals surface area (Å²) in [5.41, 5.74) is 1.88. The van der Waals surface area contributed by atoms with E-state index in [-0.39, 0.29) is 6.03 Å². The molecule has 26 heavy (non-hydrogen) atoms. The van der Waals surface area contributed by atoms with E-state index in [9.17, 15) is 4.79 Å². The van der Waals surface area contributed by atoms with Gasteiger partial charge in [-0.2, -0.15) is 9.94 Å². The average molecular weight is 348 g/mol. The van der Waals surface area contributed by atoms with Crippen molar-refractivity contribution in [2.45, 2.75) is 0 Å². The molecule has 0 saturated carbocycles. The number of nitrogens with one attached hydrogen (secondary N) is 3. The van der Waals surface area contributed by atoms with Crippen molar-refractivity contribution >= 4 is 17.7 Å². The number of anilines is 2. The Kier molecular flexibility index (Phi) is 5.37. The van der Waals surface area contributed by atoms with Crippen molar-refractivity contribution in [2.75, 3.05) is 23.7 Å². The molecule has 0 bridgehead atoms. The van der Waals surface area contributed by atoms with Gasteiger partial charge in [-0.1, -0.05) is 29.4 Å². The van der Waals surface area contributed by atoms with E-state index in [4.69, 9.17) is 5.26 Å². The smallest absolute Gasteiger partial charge is 0.319 e. The molecule has 0 saturated heterocycles. The Morgan fingerprint density at radius 2 is 1.96 bits per heavy atom. The first-order valence-electron chi connectivity index (χ1n) is 7.89. The summed E-state index contributed by atoms with van der Waals surface area (Å²) in [6.45, 7) is 0.810. The van der Waals surface area contributed by atoms with Crippen LogP contribution in [-0.4, -0.2) is 39.3 Å². The zero-order valence-corrected chi connectivity index (χ0v) is 13.8. The van der Waals surface area contributed by atoms with Crippen LogP contribution in [0.5, 0.6) is 0 Å². The molecule has 0 unspecified atom stereocenters. The van der Waals surface area contributed by atoms with Crippen molar-refractivity contribution in [3.05, 3.63) is 60.2 Å². The van der Waals surface area contributed by atoms with Crippen LogP contribution in [0.25, 0.3) is 5.69 Å². The van der Waals surface area contributed by atoms with Gasteiger partial charge in [-0.15, -0.1) is 0 Å². The van der Waals surface area contributed by atoms with Gasteiger partial charge in [-0.25, -0.2) is 4.79 Å². The highest BCUT2D eigenvalue weighted by molar-refractivity contribution is 5.89. The molecule has 0 atom stereocenters. The SMILES string of the molecule is N#Cc1cccc(NC(=O)NCCNc2nnnn2-c2ccccc2)c1. The molecule has 0 spiro atoms. The number of aromatic nitrogens is 4. The van der Waals surface area contributed by atoms with Crippen LogP contribution in [0.1, 0.15) is 5.56 Å². The van der Waals surface area contributed by atoms with Crippen LogP contribution in [0.3, 0.4) is 0 Å². The van der Waals surface area contributed by atoms with E-state index in [2.05, 4.69) is 31.5 Å². The van der Waals surface area contributed by atoms with E-state index >= 15 is 0 Å². The minimum atomic E-state index is -0.357. The number of carbonyl (C=O) groups excluding carboxylic acids is 1. The number of hydrogen-bond acceptors (Lipinski definition) is 6. The number of tetrazole rings is 1. The minimum Gasteiger partial charge on any atom is -0.351 e. The molecular formula is C17H16N8O. The number of rotatable bonds is 6. The quantitative estimate of drug-likeness (QED) is 0.584. The zero-order valence-electron chi connectivity index (χ0n) is 13.8. The maximum atomic E-state index is 11.9. The van der Waals surface area contributed by atoms with Gasteiger partial charge in [0.25, 0.3) is 0 Å². The Labute approximate surface area is 149 Å². The number of hydrogen-bond donors (Lipinski definition) is 3. The highest BCUT2D eigenvalue weighted by Gasteiger charge is 2.07. The predicted octanol–water partition coefficient (Wildman–Crippen LogP) is 1.77. The number of benzene rings is 2. The molecule has 130 valence electrons. The van der Waals surface area contributed by atoms with E-state index in [0.29, 0.717) is 30.3 Å². The van der Waals surface area contributed by atoms with Crippen molar-refractivity contribution in [1.82, 2.24) is 25.5 Å². The Bertz CT molecular complexity index is 916. The van der Waals surface area contributed by atoms with E-state index in [1.807, 2.05) is 36.4 Å². The van der Waals surface area contributed by atoms with Crippen molar-refractivity contribution in [2.24, 2.45) is 0 Å². The normalized spacial score (nSPS) is 9.96. The van der Waals surface area contributed by atoms with Gasteiger partial charge in [-0.05, 0) is 40.8 Å². The number of para-hydroxylation sites is 1. The highest BCUT2D eigenvalue weighted by Crippen LogP contribution is 2.10. The van der Waals surface area contributed by atoms with E-state index < -0.39 is 0 Å². The molecule has 3 aromatic rings. The second-order valence-electron chi connectivity index (χ2n) is 5.25. The third kappa shape index (κ3) is 4.33. The molecule has 9 heteroatoms. The number of nitrogens with zero attached hydrogens (tertiary/aromatic N) is 5. The van der Waals surface area contributed by atoms with Crippen LogP contribution in [0.15, 0.2) is 54.6 Å². The summed E-state index contributed by atoms with van der Waals surface area (Å²) in [5.74, 6) is 0.486. The molecule has 0 aliphatic heterocycles. The fourth-order valence-corrected chi connectivity index (χ4v) is 2.23. The number of nitriles is 1. The second-order valence-corrected chi connectivity index (χ2v) is 5.25. The largest absolute Gasteiger partial charge is 0.351 e. The van der Waals surface area contributed by atoms with Crippen LogP contribution >= 0.6 is 0 Å². The van der Waals surface area contributed by atoms with Gasteiger partial charge < -0.3 is 16.0 Å². The van der Waals surface area contributed by atoms with Crippen LogP contribution in [0, 0.1) is 11.3 Å². The molecule has 0 aliphatic carbocycles. The van der Waals surface area contributed by atoms with E-state index in [1.54, 1.807) is 28.9 Å². The first-order chi connectivity index (χ1) is 12.8. The van der Waals surface area contributed by atoms with Gasteiger partial charge in [-0.3, -0.25) is 0 Å². The maximum Gasteiger partial charge on any atom is 0.319 e. The van der Waals surface area contributed by atoms with Gasteiger partial charge >= 0.3 is 6.03 Å². The molecule has 9 nitrogen and oxygen atoms in total. The van der Waals surface area contributed by atoms with Gasteiger partial charge in [0.05, 0.1) is 17.3 Å². The number of carbonyl (C=O) groups is 1. The standard InChI is InChI=1S/C17H16N8O/c18-12-13-5-4-6-14(11-13)21-17(26)20-10-9-19-16-22-23-24-25(16)15-7-2-1-3-8-15/h1-8,11H,9-10H2,(H,19,22,24)(H2,20,21,26). The monoisotopic (exact) mass is 348 g/mol. The molecule has 2 amide bonds. The molecule has 0 aliphatic rings. The average Bonchev–Trinajstić information content (AvgIpc) is 3.14. The molecule has 3 rings (SSSR count). The summed E-state index contributed by atoms with van der Waals surface area (Å²) in [6, 6.07) is 17.9. The molecule has 0 fully saturated rings. The van der Waals surface area contributed by atoms with Gasteiger partial charge in [0, 0.05) is 18.8 Å². The van der Waals surface area contributed by atoms with Crippen molar-refractivity contribution in [1.29, 1.82) is 5.26 Å². The Morgan fingerprint density at radius 1 is 1.12 bits per heavy atom. The predicted molar refractivity (Wildman–Crippen MR) is 95.8 cm³/mol. The van der Waals surface area contributed by atoms with Crippen molar-refractivity contribution < 1.29 is 4.79 Å². The molecule has 1 heterocycles. The third-order valence-electron chi connectivity index (χ3n) is 3.41. The molecular weight excluding hydrogens is 332 g/mol. The van der Waals surface area contributed by atoms with Gasteiger partial charge in [0.2, 0.25) is 5.95 Å². The summed E-state index contributed by atoms with van der Waals surface area (Å²) < 4.78 is 1.58. The van der Waals surface area contributed by atoms with E-state index in [1.165, 1.54) is 0 Å². The zero-order chi connectivity index (χ0) is 18.2. The van der Waals surface area contributed by atoms with Crippen molar-refractivity contribution in [3.8, 4) is 11.8 Å². The van der Waals surface area contributed by atoms with Crippen LogP contribution in [0.4, 0.5) is 16.4 Å². The lowest BCUT2D eigenvalue weighted by Crippen LogP contribution is -2.33. The Balaban J connectivity index is 1.47. The lowest BCUT2D eigenvalue weighted by atomic mass is 10.2. The van der Waals surface area contributed by atoms with Crippen LogP contribution in [0.2, 0.25) is 0 Å². The minimum absolute atomic E-state index is 0.357. The third-order valence-corrected chi connectivity index (χ3v) is 3.41. The molecule has 2 aromatic carbocycles. The second kappa shape index (κ2) is 8.25. The first kappa shape index (κ1) is 16.9. The summed E-state index contributed by atoms with van der Waals surface area (Å²) in [4.78, 5) is 11.9. The van der Waals surface area contributed by atoms with Crippen LogP contribution < -0.4 is 16.0 Å². The molecule has 3 N–H and O–H groups in total.